The van der Waals surface area contributed by atoms with Crippen molar-refractivity contribution in [1.82, 2.24) is 0 Å². The third kappa shape index (κ3) is 2.61. The number of aliphatic imine (C=N–C) groups is 1. The van der Waals surface area contributed by atoms with Gasteiger partial charge in [0.15, 0.2) is 0 Å². The van der Waals surface area contributed by atoms with Crippen LogP contribution in [0.1, 0.15) is 6.42 Å². The molecule has 0 aromatic carbocycles. The maximum Gasteiger partial charge on any atom is 0.312 e. The molecule has 1 saturated heterocycles. The molecule has 0 bridgehead atoms. The molecule has 1 fully saturated rings. The van der Waals surface area contributed by atoms with Gasteiger partial charge in [-0.15, -0.1) is 0 Å². The average Bonchev–Trinajstić information content (AvgIpc) is 2.31. The van der Waals surface area contributed by atoms with Crippen LogP contribution >= 0.6 is 0 Å². The molecule has 1 heterocycles. The Morgan fingerprint density at radius 1 is 1.64 bits per heavy atom. The summed E-state index contributed by atoms with van der Waals surface area (Å²) in [6.07, 6.45) is -2.38. The molecule has 1 rings (SSSR count). The summed E-state index contributed by atoms with van der Waals surface area (Å²) < 4.78 is 27.6. The lowest BCUT2D eigenvalue weighted by molar-refractivity contribution is -0.137. The van der Waals surface area contributed by atoms with Crippen molar-refractivity contribution in [3.8, 4) is 0 Å². The highest BCUT2D eigenvalue weighted by molar-refractivity contribution is 6.04. The van der Waals surface area contributed by atoms with Crippen molar-refractivity contribution in [3.63, 3.8) is 0 Å². The zero-order valence-electron chi connectivity index (χ0n) is 5.72. The highest BCUT2D eigenvalue weighted by atomic mass is 19.3. The molecule has 0 N–H and O–H groups in total. The maximum absolute atomic E-state index is 11.6. The average molecular weight is 163 g/mol. The van der Waals surface area contributed by atoms with E-state index < -0.39 is 18.9 Å². The summed E-state index contributed by atoms with van der Waals surface area (Å²) in [6, 6.07) is 0. The van der Waals surface area contributed by atoms with E-state index in [0.29, 0.717) is 5.71 Å². The molecule has 0 amide bonds. The van der Waals surface area contributed by atoms with Gasteiger partial charge in [0.1, 0.15) is 6.61 Å². The molecule has 62 valence electrons. The van der Waals surface area contributed by atoms with E-state index in [1.807, 2.05) is 0 Å². The monoisotopic (exact) mass is 163 g/mol. The first-order valence-corrected chi connectivity index (χ1v) is 3.14. The standard InChI is InChI=1S/C6H7F2NO2/c7-5(8)2-9-4-1-6(10)11-3-4/h5H,1-3H2. The van der Waals surface area contributed by atoms with Crippen LogP contribution in [0.15, 0.2) is 4.99 Å². The zero-order valence-corrected chi connectivity index (χ0v) is 5.72. The first-order chi connectivity index (χ1) is 5.18. The fraction of sp³-hybridized carbons (Fsp3) is 0.667. The number of carbonyl (C=O) groups is 1. The zero-order chi connectivity index (χ0) is 8.27. The molecule has 0 aromatic rings. The SMILES string of the molecule is O=C1CC(=NCC(F)F)CO1. The lowest BCUT2D eigenvalue weighted by atomic mass is 10.3. The summed E-state index contributed by atoms with van der Waals surface area (Å²) in [6.45, 7) is -0.461. The van der Waals surface area contributed by atoms with Gasteiger partial charge in [-0.1, -0.05) is 0 Å². The van der Waals surface area contributed by atoms with Crippen LogP contribution in [0.2, 0.25) is 0 Å². The molecule has 0 aromatic heterocycles. The number of halogens is 2. The Labute approximate surface area is 62.1 Å². The fourth-order valence-electron chi connectivity index (χ4n) is 0.732. The van der Waals surface area contributed by atoms with Gasteiger partial charge in [0, 0.05) is 0 Å². The largest absolute Gasteiger partial charge is 0.459 e. The molecule has 0 spiro atoms. The summed E-state index contributed by atoms with van der Waals surface area (Å²) in [4.78, 5) is 13.9. The second-order valence-corrected chi connectivity index (χ2v) is 2.14. The van der Waals surface area contributed by atoms with Crippen LogP contribution in [-0.2, 0) is 9.53 Å². The van der Waals surface area contributed by atoms with E-state index in [2.05, 4.69) is 9.73 Å². The third-order valence-electron chi connectivity index (χ3n) is 1.20. The van der Waals surface area contributed by atoms with Gasteiger partial charge in [-0.3, -0.25) is 9.79 Å². The van der Waals surface area contributed by atoms with Gasteiger partial charge in [-0.25, -0.2) is 8.78 Å². The van der Waals surface area contributed by atoms with Crippen molar-refractivity contribution < 1.29 is 18.3 Å². The third-order valence-corrected chi connectivity index (χ3v) is 1.20. The molecule has 5 heteroatoms. The number of ether oxygens (including phenoxy) is 1. The molecule has 11 heavy (non-hydrogen) atoms. The molecule has 0 atom stereocenters. The van der Waals surface area contributed by atoms with E-state index in [9.17, 15) is 13.6 Å². The van der Waals surface area contributed by atoms with E-state index in [1.165, 1.54) is 0 Å². The van der Waals surface area contributed by atoms with E-state index >= 15 is 0 Å². The van der Waals surface area contributed by atoms with Crippen LogP contribution in [-0.4, -0.2) is 31.3 Å². The van der Waals surface area contributed by atoms with Gasteiger partial charge in [0.2, 0.25) is 0 Å². The van der Waals surface area contributed by atoms with Crippen LogP contribution in [0.5, 0.6) is 0 Å². The van der Waals surface area contributed by atoms with Crippen molar-refractivity contribution >= 4 is 11.7 Å². The predicted molar refractivity (Wildman–Crippen MR) is 33.9 cm³/mol. The van der Waals surface area contributed by atoms with Crippen molar-refractivity contribution in [2.45, 2.75) is 12.8 Å². The number of esters is 1. The Bertz CT molecular complexity index is 191. The van der Waals surface area contributed by atoms with Crippen molar-refractivity contribution in [3.05, 3.63) is 0 Å². The molecular formula is C6H7F2NO2. The van der Waals surface area contributed by atoms with Crippen LogP contribution in [0.4, 0.5) is 8.78 Å². The molecule has 0 saturated carbocycles. The minimum Gasteiger partial charge on any atom is -0.459 e. The van der Waals surface area contributed by atoms with Crippen LogP contribution in [0, 0.1) is 0 Å². The number of alkyl halides is 2. The molecule has 0 unspecified atom stereocenters. The Kier molecular flexibility index (Phi) is 2.51. The Morgan fingerprint density at radius 3 is 2.82 bits per heavy atom. The number of nitrogens with zero attached hydrogens (tertiary/aromatic N) is 1. The lowest BCUT2D eigenvalue weighted by Crippen LogP contribution is -2.02. The minimum absolute atomic E-state index is 0.0622. The highest BCUT2D eigenvalue weighted by Crippen LogP contribution is 2.03. The van der Waals surface area contributed by atoms with Gasteiger partial charge in [0.05, 0.1) is 18.7 Å². The molecule has 0 aliphatic carbocycles. The van der Waals surface area contributed by atoms with Crippen LogP contribution < -0.4 is 0 Å². The van der Waals surface area contributed by atoms with Gasteiger partial charge >= 0.3 is 5.97 Å². The summed E-state index contributed by atoms with van der Waals surface area (Å²) in [7, 11) is 0. The van der Waals surface area contributed by atoms with Crippen molar-refractivity contribution in [2.24, 2.45) is 4.99 Å². The Balaban J connectivity index is 2.36. The number of carbonyl (C=O) groups excluding carboxylic acids is 1. The minimum atomic E-state index is -2.45. The fourth-order valence-corrected chi connectivity index (χ4v) is 0.732. The summed E-state index contributed by atoms with van der Waals surface area (Å²) >= 11 is 0. The molecule has 0 radical (unpaired) electrons. The summed E-state index contributed by atoms with van der Waals surface area (Å²) in [5.41, 5.74) is 0.412. The van der Waals surface area contributed by atoms with E-state index in [0.717, 1.165) is 0 Å². The number of hydrogen-bond donors (Lipinski definition) is 0. The Hall–Kier alpha value is -1.00. The molecular weight excluding hydrogens is 156 g/mol. The van der Waals surface area contributed by atoms with Crippen molar-refractivity contribution in [2.75, 3.05) is 13.2 Å². The maximum atomic E-state index is 11.6. The van der Waals surface area contributed by atoms with Gasteiger partial charge in [-0.2, -0.15) is 0 Å². The van der Waals surface area contributed by atoms with Crippen molar-refractivity contribution in [1.29, 1.82) is 0 Å². The molecule has 3 nitrogen and oxygen atoms in total. The number of rotatable bonds is 2. The number of cyclic esters (lactones) is 1. The normalized spacial score (nSPS) is 21.4. The Morgan fingerprint density at radius 2 is 2.36 bits per heavy atom. The second-order valence-electron chi connectivity index (χ2n) is 2.14. The first-order valence-electron chi connectivity index (χ1n) is 3.14. The molecule has 1 aliphatic heterocycles. The van der Waals surface area contributed by atoms with Gasteiger partial charge in [-0.05, 0) is 0 Å². The summed E-state index contributed by atoms with van der Waals surface area (Å²) in [5.74, 6) is -0.391. The van der Waals surface area contributed by atoms with E-state index in [1.54, 1.807) is 0 Å². The quantitative estimate of drug-likeness (QED) is 0.560. The van der Waals surface area contributed by atoms with E-state index in [-0.39, 0.29) is 13.0 Å². The second kappa shape index (κ2) is 3.41. The van der Waals surface area contributed by atoms with E-state index in [4.69, 9.17) is 0 Å². The van der Waals surface area contributed by atoms with Gasteiger partial charge in [0.25, 0.3) is 6.43 Å². The van der Waals surface area contributed by atoms with Gasteiger partial charge < -0.3 is 4.74 Å². The lowest BCUT2D eigenvalue weighted by Gasteiger charge is -1.92. The molecule has 1 aliphatic rings. The number of hydrogen-bond acceptors (Lipinski definition) is 3. The smallest absolute Gasteiger partial charge is 0.312 e. The topological polar surface area (TPSA) is 38.7 Å². The highest BCUT2D eigenvalue weighted by Gasteiger charge is 2.18. The summed E-state index contributed by atoms with van der Waals surface area (Å²) in [5, 5.41) is 0. The van der Waals surface area contributed by atoms with Crippen LogP contribution in [0.25, 0.3) is 0 Å². The first kappa shape index (κ1) is 8.10. The van der Waals surface area contributed by atoms with Crippen LogP contribution in [0.3, 0.4) is 0 Å². The predicted octanol–water partition coefficient (Wildman–Crippen LogP) is 0.639.